The van der Waals surface area contributed by atoms with Gasteiger partial charge in [0.2, 0.25) is 11.8 Å². The fraction of sp³-hybridized carbons (Fsp3) is 0.297. The summed E-state index contributed by atoms with van der Waals surface area (Å²) in [6.07, 6.45) is 0.813. The molecule has 0 aliphatic heterocycles. The summed E-state index contributed by atoms with van der Waals surface area (Å²) in [5, 5.41) is 3.62. The van der Waals surface area contributed by atoms with E-state index in [9.17, 15) is 18.0 Å². The number of hydrogen-bond donors (Lipinski definition) is 1. The van der Waals surface area contributed by atoms with Crippen LogP contribution in [0.1, 0.15) is 37.0 Å². The van der Waals surface area contributed by atoms with Crippen molar-refractivity contribution in [3.8, 4) is 11.5 Å². The Kier molecular flexibility index (Phi) is 13.0. The SMILES string of the molecule is CC[C@@H](C)NC(=O)[C@H](Cc1ccccc1)N(Cc1c(Cl)cccc1Cl)C(=O)CN(c1ccc(OC)c(OC)c1)S(=O)(=O)c1ccc(C)cc1. The van der Waals surface area contributed by atoms with E-state index in [0.29, 0.717) is 27.8 Å². The largest absolute Gasteiger partial charge is 0.493 e. The van der Waals surface area contributed by atoms with Crippen LogP contribution in [-0.4, -0.2) is 58.0 Å². The van der Waals surface area contributed by atoms with Crippen LogP contribution in [0.5, 0.6) is 11.5 Å². The van der Waals surface area contributed by atoms with Crippen molar-refractivity contribution >= 4 is 50.7 Å². The second kappa shape index (κ2) is 16.9. The van der Waals surface area contributed by atoms with Gasteiger partial charge in [0.05, 0.1) is 24.8 Å². The number of carbonyl (C=O) groups is 2. The third-order valence-electron chi connectivity index (χ3n) is 8.21. The van der Waals surface area contributed by atoms with Crippen molar-refractivity contribution in [1.29, 1.82) is 0 Å². The topological polar surface area (TPSA) is 105 Å². The summed E-state index contributed by atoms with van der Waals surface area (Å²) in [6.45, 7) is 4.85. The first-order chi connectivity index (χ1) is 23.4. The maximum atomic E-state index is 14.8. The molecule has 2 amide bonds. The summed E-state index contributed by atoms with van der Waals surface area (Å²) >= 11 is 13.2. The molecule has 0 bridgehead atoms. The van der Waals surface area contributed by atoms with Gasteiger partial charge in [-0.1, -0.05) is 84.2 Å². The Morgan fingerprint density at radius 3 is 2.08 bits per heavy atom. The van der Waals surface area contributed by atoms with E-state index in [-0.39, 0.29) is 35.3 Å². The van der Waals surface area contributed by atoms with Gasteiger partial charge >= 0.3 is 0 Å². The van der Waals surface area contributed by atoms with Crippen LogP contribution in [0.15, 0.2) is 95.9 Å². The Hall–Kier alpha value is -4.25. The summed E-state index contributed by atoms with van der Waals surface area (Å²) in [5.41, 5.74) is 2.25. The van der Waals surface area contributed by atoms with Crippen LogP contribution in [0, 0.1) is 6.92 Å². The minimum absolute atomic E-state index is 0.0169. The molecule has 4 aromatic carbocycles. The Morgan fingerprint density at radius 1 is 0.857 bits per heavy atom. The molecule has 49 heavy (non-hydrogen) atoms. The molecule has 0 saturated heterocycles. The maximum Gasteiger partial charge on any atom is 0.264 e. The van der Waals surface area contributed by atoms with E-state index >= 15 is 0 Å². The van der Waals surface area contributed by atoms with E-state index in [4.69, 9.17) is 32.7 Å². The predicted molar refractivity (Wildman–Crippen MR) is 194 cm³/mol. The first-order valence-corrected chi connectivity index (χ1v) is 18.0. The van der Waals surface area contributed by atoms with Crippen LogP contribution in [0.3, 0.4) is 0 Å². The van der Waals surface area contributed by atoms with Crippen LogP contribution >= 0.6 is 23.2 Å². The number of hydrogen-bond acceptors (Lipinski definition) is 6. The molecule has 9 nitrogen and oxygen atoms in total. The van der Waals surface area contributed by atoms with Crippen molar-refractivity contribution in [2.75, 3.05) is 25.1 Å². The molecule has 0 radical (unpaired) electrons. The zero-order valence-electron chi connectivity index (χ0n) is 28.2. The Morgan fingerprint density at radius 2 is 1.49 bits per heavy atom. The first kappa shape index (κ1) is 37.6. The lowest BCUT2D eigenvalue weighted by atomic mass is 10.0. The first-order valence-electron chi connectivity index (χ1n) is 15.8. The smallest absolute Gasteiger partial charge is 0.264 e. The molecule has 1 N–H and O–H groups in total. The van der Waals surface area contributed by atoms with Gasteiger partial charge in [0.15, 0.2) is 11.5 Å². The fourth-order valence-electron chi connectivity index (χ4n) is 5.20. The Balaban J connectivity index is 1.88. The van der Waals surface area contributed by atoms with E-state index in [1.165, 1.54) is 43.4 Å². The van der Waals surface area contributed by atoms with Gasteiger partial charge in [-0.05, 0) is 62.2 Å². The lowest BCUT2D eigenvalue weighted by Crippen LogP contribution is -2.54. The monoisotopic (exact) mass is 725 g/mol. The number of ether oxygens (including phenoxy) is 2. The number of benzene rings is 4. The predicted octanol–water partition coefficient (Wildman–Crippen LogP) is 7.07. The van der Waals surface area contributed by atoms with Crippen molar-refractivity contribution in [3.05, 3.63) is 118 Å². The minimum atomic E-state index is -4.32. The van der Waals surface area contributed by atoms with Crippen LogP contribution in [-0.2, 0) is 32.6 Å². The second-order valence-corrected chi connectivity index (χ2v) is 14.3. The summed E-state index contributed by atoms with van der Waals surface area (Å²) in [5.74, 6) is -0.397. The molecular weight excluding hydrogens is 685 g/mol. The van der Waals surface area contributed by atoms with Crippen molar-refractivity contribution in [3.63, 3.8) is 0 Å². The van der Waals surface area contributed by atoms with Gasteiger partial charge in [0.25, 0.3) is 10.0 Å². The van der Waals surface area contributed by atoms with Gasteiger partial charge in [-0.3, -0.25) is 13.9 Å². The molecule has 4 rings (SSSR count). The molecule has 4 aromatic rings. The maximum absolute atomic E-state index is 14.8. The van der Waals surface area contributed by atoms with Crippen molar-refractivity contribution < 1.29 is 27.5 Å². The van der Waals surface area contributed by atoms with Crippen LogP contribution < -0.4 is 19.1 Å². The molecule has 0 spiro atoms. The van der Waals surface area contributed by atoms with E-state index in [1.54, 1.807) is 36.4 Å². The zero-order chi connectivity index (χ0) is 35.7. The number of anilines is 1. The molecule has 0 heterocycles. The van der Waals surface area contributed by atoms with Gasteiger partial charge in [0.1, 0.15) is 12.6 Å². The van der Waals surface area contributed by atoms with Gasteiger partial charge in [-0.15, -0.1) is 0 Å². The number of nitrogens with zero attached hydrogens (tertiary/aromatic N) is 2. The number of sulfonamides is 1. The molecule has 0 aliphatic carbocycles. The number of methoxy groups -OCH3 is 2. The van der Waals surface area contributed by atoms with E-state index in [2.05, 4.69) is 5.32 Å². The van der Waals surface area contributed by atoms with Crippen molar-refractivity contribution in [2.24, 2.45) is 0 Å². The summed E-state index contributed by atoms with van der Waals surface area (Å²) in [7, 11) is -1.42. The van der Waals surface area contributed by atoms with E-state index in [0.717, 1.165) is 15.4 Å². The summed E-state index contributed by atoms with van der Waals surface area (Å²) in [6, 6.07) is 24.0. The lowest BCUT2D eigenvalue weighted by molar-refractivity contribution is -0.140. The minimum Gasteiger partial charge on any atom is -0.493 e. The molecule has 2 atom stereocenters. The zero-order valence-corrected chi connectivity index (χ0v) is 30.5. The van der Waals surface area contributed by atoms with Gasteiger partial charge < -0.3 is 19.7 Å². The number of rotatable bonds is 15. The number of halogens is 2. The molecular formula is C37H41Cl2N3O6S. The van der Waals surface area contributed by atoms with Gasteiger partial charge in [-0.25, -0.2) is 8.42 Å². The third-order valence-corrected chi connectivity index (χ3v) is 10.7. The molecule has 0 fully saturated rings. The number of nitrogens with one attached hydrogen (secondary N) is 1. The number of carbonyl (C=O) groups excluding carboxylic acids is 2. The van der Waals surface area contributed by atoms with Crippen molar-refractivity contribution in [1.82, 2.24) is 10.2 Å². The van der Waals surface area contributed by atoms with E-state index < -0.39 is 34.4 Å². The fourth-order valence-corrected chi connectivity index (χ4v) is 7.12. The molecule has 12 heteroatoms. The molecule has 260 valence electrons. The normalized spacial score (nSPS) is 12.5. The number of aryl methyl sites for hydroxylation is 1. The van der Waals surface area contributed by atoms with Crippen molar-refractivity contribution in [2.45, 2.75) is 57.1 Å². The quantitative estimate of drug-likeness (QED) is 0.141. The molecule has 0 unspecified atom stereocenters. The number of amides is 2. The second-order valence-electron chi connectivity index (χ2n) is 11.6. The standard InChI is InChI=1S/C37H41Cl2N3O6S/c1-6-26(3)40-37(44)33(21-27-11-8-7-9-12-27)41(23-30-31(38)13-10-14-32(30)39)36(43)24-42(28-17-20-34(47-4)35(22-28)48-5)49(45,46)29-18-15-25(2)16-19-29/h7-20,22,26,33H,6,21,23-24H2,1-5H3,(H,40,44)/t26-,33+/m1/s1. The Labute approximate surface area is 298 Å². The van der Waals surface area contributed by atoms with Crippen LogP contribution in [0.2, 0.25) is 10.0 Å². The molecule has 0 aliphatic rings. The highest BCUT2D eigenvalue weighted by atomic mass is 35.5. The molecule has 0 aromatic heterocycles. The van der Waals surface area contributed by atoms with E-state index in [1.807, 2.05) is 51.1 Å². The van der Waals surface area contributed by atoms with Gasteiger partial charge in [0, 0.05) is 40.7 Å². The lowest BCUT2D eigenvalue weighted by Gasteiger charge is -2.34. The highest BCUT2D eigenvalue weighted by molar-refractivity contribution is 7.92. The van der Waals surface area contributed by atoms with Crippen LogP contribution in [0.25, 0.3) is 0 Å². The third kappa shape index (κ3) is 9.26. The highest BCUT2D eigenvalue weighted by Crippen LogP contribution is 2.34. The van der Waals surface area contributed by atoms with Crippen LogP contribution in [0.4, 0.5) is 5.69 Å². The average molecular weight is 727 g/mol. The van der Waals surface area contributed by atoms with Gasteiger partial charge in [-0.2, -0.15) is 0 Å². The summed E-state index contributed by atoms with van der Waals surface area (Å²) < 4.78 is 40.6. The molecule has 0 saturated carbocycles. The highest BCUT2D eigenvalue weighted by Gasteiger charge is 2.36. The average Bonchev–Trinajstić information content (AvgIpc) is 3.09. The summed E-state index contributed by atoms with van der Waals surface area (Å²) in [4.78, 5) is 30.1. The Bertz CT molecular complexity index is 1840.